The number of rotatable bonds is 8. The molecule has 0 saturated carbocycles. The molecule has 1 aromatic heterocycles. The first-order valence-electron chi connectivity index (χ1n) is 13.4. The van der Waals surface area contributed by atoms with E-state index in [1.807, 2.05) is 43.5 Å². The summed E-state index contributed by atoms with van der Waals surface area (Å²) in [5.41, 5.74) is 4.13. The molecule has 7 nitrogen and oxygen atoms in total. The lowest BCUT2D eigenvalue weighted by molar-refractivity contribution is 0.102. The molecule has 39 heavy (non-hydrogen) atoms. The van der Waals surface area contributed by atoms with Gasteiger partial charge in [-0.05, 0) is 79.6 Å². The summed E-state index contributed by atoms with van der Waals surface area (Å²) in [7, 11) is 1.63. The highest BCUT2D eigenvalue weighted by atomic mass is 32.2. The second-order valence-electron chi connectivity index (χ2n) is 10.9. The zero-order valence-corrected chi connectivity index (χ0v) is 24.7. The van der Waals surface area contributed by atoms with Crippen molar-refractivity contribution >= 4 is 23.4 Å². The Morgan fingerprint density at radius 2 is 1.95 bits per heavy atom. The fraction of sp³-hybridized carbons (Fsp3) is 0.419. The minimum atomic E-state index is -0.221. The van der Waals surface area contributed by atoms with Crippen molar-refractivity contribution in [3.05, 3.63) is 71.0 Å². The number of nitrogens with one attached hydrogen (secondary N) is 2. The van der Waals surface area contributed by atoms with Crippen LogP contribution in [0.4, 0.5) is 5.69 Å². The lowest BCUT2D eigenvalue weighted by Gasteiger charge is -2.23. The van der Waals surface area contributed by atoms with E-state index in [1.54, 1.807) is 31.1 Å². The molecule has 1 saturated heterocycles. The van der Waals surface area contributed by atoms with E-state index in [0.29, 0.717) is 28.5 Å². The molecule has 0 spiro atoms. The van der Waals surface area contributed by atoms with E-state index in [0.717, 1.165) is 60.9 Å². The Hall–Kier alpha value is -3.07. The first kappa shape index (κ1) is 28.9. The third-order valence-electron chi connectivity index (χ3n) is 6.88. The van der Waals surface area contributed by atoms with Gasteiger partial charge in [0.15, 0.2) is 5.75 Å². The Kier molecular flexibility index (Phi) is 9.53. The van der Waals surface area contributed by atoms with Crippen LogP contribution in [0.5, 0.6) is 17.2 Å². The van der Waals surface area contributed by atoms with E-state index in [1.165, 1.54) is 0 Å². The minimum absolute atomic E-state index is 0.0748. The van der Waals surface area contributed by atoms with E-state index in [2.05, 4.69) is 47.4 Å². The van der Waals surface area contributed by atoms with Gasteiger partial charge in [-0.3, -0.25) is 14.7 Å². The molecule has 0 aliphatic carbocycles. The van der Waals surface area contributed by atoms with E-state index in [9.17, 15) is 4.79 Å². The molecule has 3 aromatic rings. The van der Waals surface area contributed by atoms with Crippen molar-refractivity contribution in [1.82, 2.24) is 15.2 Å². The lowest BCUT2D eigenvalue weighted by atomic mass is 9.86. The Morgan fingerprint density at radius 3 is 2.69 bits per heavy atom. The van der Waals surface area contributed by atoms with Crippen molar-refractivity contribution in [3.8, 4) is 17.2 Å². The van der Waals surface area contributed by atoms with Crippen molar-refractivity contribution in [2.24, 2.45) is 0 Å². The summed E-state index contributed by atoms with van der Waals surface area (Å²) in [6.07, 6.45) is 4.93. The summed E-state index contributed by atoms with van der Waals surface area (Å²) >= 11 is 1.60. The van der Waals surface area contributed by atoms with Gasteiger partial charge in [-0.1, -0.05) is 26.8 Å². The molecule has 2 aromatic carbocycles. The van der Waals surface area contributed by atoms with Gasteiger partial charge < -0.3 is 20.1 Å². The number of nitrogens with zero attached hydrogens (tertiary/aromatic N) is 2. The number of hydrogen-bond acceptors (Lipinski definition) is 7. The number of pyridine rings is 1. The summed E-state index contributed by atoms with van der Waals surface area (Å²) < 4.78 is 12.0. The molecule has 4 rings (SSSR count). The highest BCUT2D eigenvalue weighted by molar-refractivity contribution is 7.98. The molecule has 1 aliphatic rings. The van der Waals surface area contributed by atoms with Crippen LogP contribution in [0.1, 0.15) is 54.4 Å². The molecule has 208 valence electrons. The van der Waals surface area contributed by atoms with Gasteiger partial charge in [0.25, 0.3) is 5.91 Å². The zero-order valence-electron chi connectivity index (χ0n) is 23.9. The molecule has 8 heteroatoms. The number of methoxy groups -OCH3 is 1. The number of carbonyl (C=O) groups excluding carboxylic acids is 1. The maximum atomic E-state index is 13.4. The van der Waals surface area contributed by atoms with Crippen LogP contribution in [-0.2, 0) is 12.0 Å². The van der Waals surface area contributed by atoms with Crippen LogP contribution in [0.3, 0.4) is 0 Å². The topological polar surface area (TPSA) is 75.7 Å². The summed E-state index contributed by atoms with van der Waals surface area (Å²) in [5, 5.41) is 6.52. The predicted molar refractivity (Wildman–Crippen MR) is 160 cm³/mol. The van der Waals surface area contributed by atoms with Gasteiger partial charge in [-0.25, -0.2) is 0 Å². The predicted octanol–water partition coefficient (Wildman–Crippen LogP) is 6.26. The number of thioether (sulfide) groups is 1. The lowest BCUT2D eigenvalue weighted by Crippen LogP contribution is -2.27. The van der Waals surface area contributed by atoms with Crippen molar-refractivity contribution in [3.63, 3.8) is 0 Å². The van der Waals surface area contributed by atoms with Crippen LogP contribution >= 0.6 is 11.8 Å². The molecule has 1 aliphatic heterocycles. The molecular formula is C31H40N4O3S. The molecule has 2 N–H and O–H groups in total. The third-order valence-corrected chi connectivity index (χ3v) is 7.62. The molecule has 0 atom stereocenters. The number of aryl methyl sites for hydroxylation is 1. The van der Waals surface area contributed by atoms with Crippen LogP contribution in [0.15, 0.2) is 53.6 Å². The molecule has 1 amide bonds. The molecule has 1 fully saturated rings. The SMILES string of the molecule is COc1c(NC(=O)c2ccc(C)c(Oc3ccnc(CN4CCCNCC4)c3)c2)cc(C(C)(C)C)cc1SC. The van der Waals surface area contributed by atoms with Crippen LogP contribution in [0.2, 0.25) is 0 Å². The van der Waals surface area contributed by atoms with E-state index < -0.39 is 0 Å². The highest BCUT2D eigenvalue weighted by Crippen LogP contribution is 2.40. The van der Waals surface area contributed by atoms with Crippen LogP contribution < -0.4 is 20.1 Å². The summed E-state index contributed by atoms with van der Waals surface area (Å²) in [6.45, 7) is 13.3. The fourth-order valence-electron chi connectivity index (χ4n) is 4.56. The minimum Gasteiger partial charge on any atom is -0.493 e. The van der Waals surface area contributed by atoms with Gasteiger partial charge in [-0.15, -0.1) is 11.8 Å². The number of anilines is 1. The van der Waals surface area contributed by atoms with E-state index in [-0.39, 0.29) is 11.3 Å². The number of hydrogen-bond donors (Lipinski definition) is 2. The van der Waals surface area contributed by atoms with Crippen molar-refractivity contribution < 1.29 is 14.3 Å². The van der Waals surface area contributed by atoms with Gasteiger partial charge in [0.05, 0.1) is 23.4 Å². The normalized spacial score (nSPS) is 14.5. The van der Waals surface area contributed by atoms with Crippen LogP contribution in [0.25, 0.3) is 0 Å². The fourth-order valence-corrected chi connectivity index (χ4v) is 5.18. The number of carbonyl (C=O) groups is 1. The van der Waals surface area contributed by atoms with E-state index >= 15 is 0 Å². The van der Waals surface area contributed by atoms with Gasteiger partial charge >= 0.3 is 0 Å². The highest BCUT2D eigenvalue weighted by Gasteiger charge is 2.21. The monoisotopic (exact) mass is 548 g/mol. The van der Waals surface area contributed by atoms with Gasteiger partial charge in [0, 0.05) is 37.5 Å². The number of amides is 1. The Morgan fingerprint density at radius 1 is 1.13 bits per heavy atom. The molecular weight excluding hydrogens is 508 g/mol. The third kappa shape index (κ3) is 7.53. The van der Waals surface area contributed by atoms with Gasteiger partial charge in [0.2, 0.25) is 0 Å². The largest absolute Gasteiger partial charge is 0.493 e. The summed E-state index contributed by atoms with van der Waals surface area (Å²) in [6, 6.07) is 13.5. The number of benzene rings is 2. The Balaban J connectivity index is 1.54. The second kappa shape index (κ2) is 12.9. The van der Waals surface area contributed by atoms with Gasteiger partial charge in [0.1, 0.15) is 11.5 Å². The quantitative estimate of drug-likeness (QED) is 0.322. The average molecular weight is 549 g/mol. The first-order valence-corrected chi connectivity index (χ1v) is 14.6. The average Bonchev–Trinajstić information content (AvgIpc) is 3.17. The second-order valence-corrected chi connectivity index (χ2v) is 11.8. The molecule has 2 heterocycles. The molecule has 0 bridgehead atoms. The van der Waals surface area contributed by atoms with Crippen LogP contribution in [-0.4, -0.2) is 55.3 Å². The summed E-state index contributed by atoms with van der Waals surface area (Å²) in [4.78, 5) is 21.4. The molecule has 0 unspecified atom stereocenters. The van der Waals surface area contributed by atoms with Crippen molar-refractivity contribution in [1.29, 1.82) is 0 Å². The first-order chi connectivity index (χ1) is 18.7. The maximum absolute atomic E-state index is 13.4. The number of ether oxygens (including phenoxy) is 2. The molecule has 0 radical (unpaired) electrons. The zero-order chi connectivity index (χ0) is 28.0. The van der Waals surface area contributed by atoms with Crippen LogP contribution in [0, 0.1) is 6.92 Å². The van der Waals surface area contributed by atoms with Crippen molar-refractivity contribution in [2.75, 3.05) is 44.9 Å². The smallest absolute Gasteiger partial charge is 0.255 e. The summed E-state index contributed by atoms with van der Waals surface area (Å²) in [5.74, 6) is 1.79. The van der Waals surface area contributed by atoms with E-state index in [4.69, 9.17) is 9.47 Å². The Bertz CT molecular complexity index is 1300. The van der Waals surface area contributed by atoms with Crippen molar-refractivity contribution in [2.45, 2.75) is 51.0 Å². The standard InChI is InChI=1S/C31H40N4O3S/c1-21-8-9-22(30(36)34-26-17-23(31(2,3)4)18-28(39-6)29(26)37-5)16-27(21)38-25-10-12-33-24(19-25)20-35-14-7-11-32-13-15-35/h8-10,12,16-19,32H,7,11,13-15,20H2,1-6H3,(H,34,36). The maximum Gasteiger partial charge on any atom is 0.255 e. The van der Waals surface area contributed by atoms with Gasteiger partial charge in [-0.2, -0.15) is 0 Å². The number of aromatic nitrogens is 1. The Labute approximate surface area is 236 Å².